The van der Waals surface area contributed by atoms with Crippen LogP contribution in [0.1, 0.15) is 38.2 Å². The van der Waals surface area contributed by atoms with Gasteiger partial charge in [-0.25, -0.2) is 0 Å². The Morgan fingerprint density at radius 2 is 2.16 bits per heavy atom. The van der Waals surface area contributed by atoms with Gasteiger partial charge in [-0.05, 0) is 57.4 Å². The number of piperidine rings is 1. The third-order valence-electron chi connectivity index (χ3n) is 4.46. The van der Waals surface area contributed by atoms with Crippen LogP contribution in [-0.2, 0) is 5.60 Å². The van der Waals surface area contributed by atoms with Gasteiger partial charge in [-0.15, -0.1) is 0 Å². The summed E-state index contributed by atoms with van der Waals surface area (Å²) in [6, 6.07) is 8.44. The van der Waals surface area contributed by atoms with Crippen LogP contribution in [0.5, 0.6) is 5.75 Å². The highest BCUT2D eigenvalue weighted by Gasteiger charge is 2.36. The Morgan fingerprint density at radius 3 is 2.84 bits per heavy atom. The van der Waals surface area contributed by atoms with Crippen LogP contribution in [0.25, 0.3) is 0 Å². The molecule has 0 radical (unpaired) electrons. The van der Waals surface area contributed by atoms with E-state index in [4.69, 9.17) is 4.74 Å². The summed E-state index contributed by atoms with van der Waals surface area (Å²) in [7, 11) is 2.12. The molecule has 1 heterocycles. The molecule has 1 saturated carbocycles. The van der Waals surface area contributed by atoms with E-state index in [0.29, 0.717) is 12.1 Å². The molecular formula is C16H23NO2. The van der Waals surface area contributed by atoms with Crippen molar-refractivity contribution in [2.24, 2.45) is 0 Å². The Morgan fingerprint density at radius 1 is 1.37 bits per heavy atom. The molecule has 2 unspecified atom stereocenters. The summed E-state index contributed by atoms with van der Waals surface area (Å²) in [5.41, 5.74) is 0.306. The van der Waals surface area contributed by atoms with Gasteiger partial charge in [0, 0.05) is 12.6 Å². The first-order chi connectivity index (χ1) is 9.07. The number of rotatable bonds is 3. The molecule has 2 atom stereocenters. The Kier molecular flexibility index (Phi) is 3.27. The maximum absolute atomic E-state index is 10.9. The minimum atomic E-state index is -0.700. The second kappa shape index (κ2) is 4.80. The van der Waals surface area contributed by atoms with E-state index in [1.807, 2.05) is 24.3 Å². The first kappa shape index (κ1) is 12.9. The van der Waals surface area contributed by atoms with Crippen LogP contribution in [-0.4, -0.2) is 35.7 Å². The molecule has 1 saturated heterocycles. The van der Waals surface area contributed by atoms with E-state index in [0.717, 1.165) is 43.5 Å². The van der Waals surface area contributed by atoms with Crippen molar-refractivity contribution in [2.45, 2.75) is 50.4 Å². The summed E-state index contributed by atoms with van der Waals surface area (Å²) in [6.07, 6.45) is 4.31. The number of likely N-dealkylation sites (tertiary alicyclic amines) is 1. The highest BCUT2D eigenvalue weighted by Crippen LogP contribution is 2.37. The van der Waals surface area contributed by atoms with Gasteiger partial charge < -0.3 is 14.7 Å². The lowest BCUT2D eigenvalue weighted by Gasteiger charge is -2.41. The molecule has 2 fully saturated rings. The van der Waals surface area contributed by atoms with Crippen molar-refractivity contribution >= 4 is 0 Å². The Labute approximate surface area is 115 Å². The smallest absolute Gasteiger partial charge is 0.120 e. The minimum Gasteiger partial charge on any atom is -0.490 e. The first-order valence-electron chi connectivity index (χ1n) is 7.27. The highest BCUT2D eigenvalue weighted by atomic mass is 16.5. The lowest BCUT2D eigenvalue weighted by atomic mass is 9.81. The summed E-state index contributed by atoms with van der Waals surface area (Å²) in [5.74, 6) is 0.903. The molecule has 3 nitrogen and oxygen atoms in total. The van der Waals surface area contributed by atoms with Gasteiger partial charge in [0.15, 0.2) is 0 Å². The van der Waals surface area contributed by atoms with Crippen LogP contribution < -0.4 is 4.74 Å². The lowest BCUT2D eigenvalue weighted by molar-refractivity contribution is -0.0409. The molecule has 0 bridgehead atoms. The van der Waals surface area contributed by atoms with Crippen molar-refractivity contribution in [1.82, 2.24) is 4.90 Å². The third kappa shape index (κ3) is 2.77. The topological polar surface area (TPSA) is 32.7 Å². The van der Waals surface area contributed by atoms with Gasteiger partial charge in [0.2, 0.25) is 0 Å². The number of hydrogen-bond donors (Lipinski definition) is 1. The van der Waals surface area contributed by atoms with Crippen LogP contribution in [0.2, 0.25) is 0 Å². The number of hydrogen-bond acceptors (Lipinski definition) is 3. The van der Waals surface area contributed by atoms with Crippen LogP contribution in [0, 0.1) is 0 Å². The Bertz CT molecular complexity index is 458. The molecule has 1 N–H and O–H groups in total. The molecule has 1 aliphatic heterocycles. The average molecular weight is 261 g/mol. The molecule has 1 aromatic rings. The molecular weight excluding hydrogens is 238 g/mol. The summed E-state index contributed by atoms with van der Waals surface area (Å²) in [5, 5.41) is 10.9. The first-order valence-corrected chi connectivity index (χ1v) is 7.27. The van der Waals surface area contributed by atoms with E-state index < -0.39 is 5.60 Å². The fourth-order valence-corrected chi connectivity index (χ4v) is 2.83. The van der Waals surface area contributed by atoms with Crippen molar-refractivity contribution in [3.8, 4) is 5.75 Å². The van der Waals surface area contributed by atoms with Crippen LogP contribution in [0.3, 0.4) is 0 Å². The standard InChI is InChI=1S/C16H23NO2/c1-12-11-16(18,8-9-17(12)2)13-4-3-5-15(10-13)19-14-6-7-14/h3-5,10,12,14,18H,6-9,11H2,1-2H3. The normalized spacial score (nSPS) is 32.3. The Balaban J connectivity index is 1.79. The molecule has 0 aromatic heterocycles. The molecule has 0 spiro atoms. The summed E-state index contributed by atoms with van der Waals surface area (Å²) >= 11 is 0. The maximum Gasteiger partial charge on any atom is 0.120 e. The van der Waals surface area contributed by atoms with Gasteiger partial charge in [-0.2, -0.15) is 0 Å². The van der Waals surface area contributed by atoms with Crippen molar-refractivity contribution in [2.75, 3.05) is 13.6 Å². The van der Waals surface area contributed by atoms with Gasteiger partial charge in [0.05, 0.1) is 11.7 Å². The van der Waals surface area contributed by atoms with Gasteiger partial charge in [-0.3, -0.25) is 0 Å². The lowest BCUT2D eigenvalue weighted by Crippen LogP contribution is -2.45. The van der Waals surface area contributed by atoms with Crippen molar-refractivity contribution < 1.29 is 9.84 Å². The predicted molar refractivity (Wildman–Crippen MR) is 75.3 cm³/mol. The van der Waals surface area contributed by atoms with E-state index >= 15 is 0 Å². The molecule has 1 aliphatic carbocycles. The number of aliphatic hydroxyl groups is 1. The monoisotopic (exact) mass is 261 g/mol. The fraction of sp³-hybridized carbons (Fsp3) is 0.625. The largest absolute Gasteiger partial charge is 0.490 e. The van der Waals surface area contributed by atoms with E-state index in [9.17, 15) is 5.11 Å². The van der Waals surface area contributed by atoms with Crippen molar-refractivity contribution in [3.63, 3.8) is 0 Å². The van der Waals surface area contributed by atoms with Gasteiger partial charge >= 0.3 is 0 Å². The zero-order valence-corrected chi connectivity index (χ0v) is 11.8. The predicted octanol–water partition coefficient (Wildman–Crippen LogP) is 2.53. The second-order valence-electron chi connectivity index (χ2n) is 6.16. The summed E-state index contributed by atoms with van der Waals surface area (Å²) in [6.45, 7) is 3.11. The van der Waals surface area contributed by atoms with Crippen LogP contribution >= 0.6 is 0 Å². The van der Waals surface area contributed by atoms with E-state index in [1.165, 1.54) is 0 Å². The number of ether oxygens (including phenoxy) is 1. The van der Waals surface area contributed by atoms with Crippen LogP contribution in [0.15, 0.2) is 24.3 Å². The molecule has 3 rings (SSSR count). The quantitative estimate of drug-likeness (QED) is 0.907. The summed E-state index contributed by atoms with van der Waals surface area (Å²) in [4.78, 5) is 2.30. The molecule has 104 valence electrons. The summed E-state index contributed by atoms with van der Waals surface area (Å²) < 4.78 is 5.83. The van der Waals surface area contributed by atoms with Crippen LogP contribution in [0.4, 0.5) is 0 Å². The number of nitrogens with zero attached hydrogens (tertiary/aromatic N) is 1. The number of benzene rings is 1. The maximum atomic E-state index is 10.9. The molecule has 0 amide bonds. The third-order valence-corrected chi connectivity index (χ3v) is 4.46. The fourth-order valence-electron chi connectivity index (χ4n) is 2.83. The highest BCUT2D eigenvalue weighted by molar-refractivity contribution is 5.33. The zero-order chi connectivity index (χ0) is 13.5. The molecule has 1 aromatic carbocycles. The average Bonchev–Trinajstić information content (AvgIpc) is 3.19. The molecule has 2 aliphatic rings. The second-order valence-corrected chi connectivity index (χ2v) is 6.16. The Hall–Kier alpha value is -1.06. The molecule has 19 heavy (non-hydrogen) atoms. The van der Waals surface area contributed by atoms with Crippen molar-refractivity contribution in [1.29, 1.82) is 0 Å². The van der Waals surface area contributed by atoms with Crippen molar-refractivity contribution in [3.05, 3.63) is 29.8 Å². The minimum absolute atomic E-state index is 0.404. The van der Waals surface area contributed by atoms with E-state index in [-0.39, 0.29) is 0 Å². The van der Waals surface area contributed by atoms with E-state index in [1.54, 1.807) is 0 Å². The van der Waals surface area contributed by atoms with Gasteiger partial charge in [-0.1, -0.05) is 12.1 Å². The van der Waals surface area contributed by atoms with Gasteiger partial charge in [0.25, 0.3) is 0 Å². The zero-order valence-electron chi connectivity index (χ0n) is 11.8. The van der Waals surface area contributed by atoms with Gasteiger partial charge in [0.1, 0.15) is 5.75 Å². The SMILES string of the molecule is CC1CC(O)(c2cccc(OC3CC3)c2)CCN1C. The van der Waals surface area contributed by atoms with E-state index in [2.05, 4.69) is 18.9 Å². The molecule has 3 heteroatoms.